The Morgan fingerprint density at radius 3 is 2.54 bits per heavy atom. The van der Waals surface area contributed by atoms with Gasteiger partial charge in [-0.2, -0.15) is 23.4 Å². The van der Waals surface area contributed by atoms with Crippen LogP contribution in [0.2, 0.25) is 0 Å². The number of nitrogens with one attached hydrogen (secondary N) is 2. The van der Waals surface area contributed by atoms with Crippen LogP contribution in [0.4, 0.5) is 18.9 Å². The van der Waals surface area contributed by atoms with E-state index in [0.29, 0.717) is 23.8 Å². The van der Waals surface area contributed by atoms with Crippen LogP contribution in [-0.2, 0) is 12.7 Å². The van der Waals surface area contributed by atoms with Gasteiger partial charge in [0.15, 0.2) is 0 Å². The van der Waals surface area contributed by atoms with E-state index in [4.69, 9.17) is 0 Å². The Bertz CT molecular complexity index is 1140. The molecule has 0 spiro atoms. The zero-order valence-electron chi connectivity index (χ0n) is 19.5. The number of aromatic nitrogens is 2. The third-order valence-corrected chi connectivity index (χ3v) is 6.05. The van der Waals surface area contributed by atoms with Crippen LogP contribution in [-0.4, -0.2) is 47.7 Å². The molecular weight excluding hydrogens is 455 g/mol. The van der Waals surface area contributed by atoms with Crippen molar-refractivity contribution in [2.24, 2.45) is 5.92 Å². The molecule has 1 amide bonds. The standard InChI is InChI=1S/C26H28F3N5O/c1-34(16-18-10-12-30-13-11-18)17-23-8-9-24(33-32-23)19-4-3-7-22(15-19)31-25(35)20-5-2-6-21(14-20)26(27,28)29/h2-9,14-15,18,30H,10-13,16-17H2,1H3,(H,31,35). The summed E-state index contributed by atoms with van der Waals surface area (Å²) in [5.74, 6) is 0.0776. The topological polar surface area (TPSA) is 70.2 Å². The number of hydrogen-bond donors (Lipinski definition) is 2. The van der Waals surface area contributed by atoms with Crippen molar-refractivity contribution in [1.29, 1.82) is 0 Å². The highest BCUT2D eigenvalue weighted by molar-refractivity contribution is 6.04. The molecule has 1 aliphatic rings. The minimum absolute atomic E-state index is 0.0667. The summed E-state index contributed by atoms with van der Waals surface area (Å²) >= 11 is 0. The van der Waals surface area contributed by atoms with Crippen LogP contribution in [0.15, 0.2) is 60.7 Å². The molecule has 9 heteroatoms. The van der Waals surface area contributed by atoms with Gasteiger partial charge in [-0.05, 0) is 81.4 Å². The monoisotopic (exact) mass is 483 g/mol. The van der Waals surface area contributed by atoms with Crippen LogP contribution in [0.3, 0.4) is 0 Å². The van der Waals surface area contributed by atoms with Gasteiger partial charge in [-0.15, -0.1) is 0 Å². The SMILES string of the molecule is CN(Cc1ccc(-c2cccc(NC(=O)c3cccc(C(F)(F)F)c3)c2)nn1)CC1CCNCC1. The van der Waals surface area contributed by atoms with Crippen LogP contribution in [0.25, 0.3) is 11.3 Å². The predicted molar refractivity (Wildman–Crippen MR) is 129 cm³/mol. The van der Waals surface area contributed by atoms with E-state index in [1.54, 1.807) is 18.2 Å². The van der Waals surface area contributed by atoms with Gasteiger partial charge in [0.2, 0.25) is 0 Å². The number of anilines is 1. The average molecular weight is 484 g/mol. The average Bonchev–Trinajstić information content (AvgIpc) is 2.85. The number of alkyl halides is 3. The summed E-state index contributed by atoms with van der Waals surface area (Å²) in [6.45, 7) is 3.89. The van der Waals surface area contributed by atoms with E-state index in [-0.39, 0.29) is 5.56 Å². The third kappa shape index (κ3) is 6.86. The molecule has 4 rings (SSSR count). The van der Waals surface area contributed by atoms with Crippen LogP contribution in [0.1, 0.15) is 34.5 Å². The number of hydrogen-bond acceptors (Lipinski definition) is 5. The summed E-state index contributed by atoms with van der Waals surface area (Å²) in [5.41, 5.74) is 1.79. The molecule has 0 radical (unpaired) electrons. The molecule has 0 bridgehead atoms. The molecular formula is C26H28F3N5O. The molecule has 1 fully saturated rings. The largest absolute Gasteiger partial charge is 0.416 e. The molecule has 1 saturated heterocycles. The molecule has 1 aromatic heterocycles. The number of carbonyl (C=O) groups excluding carboxylic acids is 1. The first-order chi connectivity index (χ1) is 16.8. The first-order valence-electron chi connectivity index (χ1n) is 11.6. The van der Waals surface area contributed by atoms with Gasteiger partial charge >= 0.3 is 6.18 Å². The molecule has 2 N–H and O–H groups in total. The lowest BCUT2D eigenvalue weighted by Gasteiger charge is -2.27. The predicted octanol–water partition coefficient (Wildman–Crippen LogP) is 4.85. The van der Waals surface area contributed by atoms with Crippen LogP contribution < -0.4 is 10.6 Å². The number of nitrogens with zero attached hydrogens (tertiary/aromatic N) is 3. The first kappa shape index (κ1) is 24.8. The van der Waals surface area contributed by atoms with Crippen molar-refractivity contribution in [2.45, 2.75) is 25.6 Å². The number of carbonyl (C=O) groups is 1. The van der Waals surface area contributed by atoms with Gasteiger partial charge in [0.25, 0.3) is 5.91 Å². The molecule has 0 unspecified atom stereocenters. The summed E-state index contributed by atoms with van der Waals surface area (Å²) in [6.07, 6.45) is -2.13. The number of benzene rings is 2. The lowest BCUT2D eigenvalue weighted by atomic mass is 9.98. The van der Waals surface area contributed by atoms with Crippen molar-refractivity contribution in [2.75, 3.05) is 32.0 Å². The number of rotatable bonds is 7. The fraction of sp³-hybridized carbons (Fsp3) is 0.346. The molecule has 0 atom stereocenters. The molecule has 1 aliphatic heterocycles. The highest BCUT2D eigenvalue weighted by atomic mass is 19.4. The van der Waals surface area contributed by atoms with Crippen molar-refractivity contribution in [3.63, 3.8) is 0 Å². The number of halogens is 3. The summed E-state index contributed by atoms with van der Waals surface area (Å²) in [7, 11) is 2.09. The fourth-order valence-corrected chi connectivity index (χ4v) is 4.24. The van der Waals surface area contributed by atoms with E-state index in [1.807, 2.05) is 18.2 Å². The lowest BCUT2D eigenvalue weighted by Crippen LogP contribution is -2.34. The lowest BCUT2D eigenvalue weighted by molar-refractivity contribution is -0.137. The maximum atomic E-state index is 13.0. The second kappa shape index (κ2) is 11.0. The molecule has 2 aromatic carbocycles. The summed E-state index contributed by atoms with van der Waals surface area (Å²) in [6, 6.07) is 15.1. The quantitative estimate of drug-likeness (QED) is 0.503. The van der Waals surface area contributed by atoms with Crippen molar-refractivity contribution < 1.29 is 18.0 Å². The smallest absolute Gasteiger partial charge is 0.322 e. The van der Waals surface area contributed by atoms with E-state index < -0.39 is 17.6 Å². The number of piperidine rings is 1. The second-order valence-electron chi connectivity index (χ2n) is 8.91. The summed E-state index contributed by atoms with van der Waals surface area (Å²) in [4.78, 5) is 14.8. The van der Waals surface area contributed by atoms with Crippen molar-refractivity contribution >= 4 is 11.6 Å². The first-order valence-corrected chi connectivity index (χ1v) is 11.6. The van der Waals surface area contributed by atoms with E-state index in [9.17, 15) is 18.0 Å². The zero-order valence-corrected chi connectivity index (χ0v) is 19.5. The maximum absolute atomic E-state index is 13.0. The Labute approximate surface area is 202 Å². The summed E-state index contributed by atoms with van der Waals surface area (Å²) < 4.78 is 38.9. The van der Waals surface area contributed by atoms with E-state index in [2.05, 4.69) is 32.8 Å². The minimum atomic E-state index is -4.51. The Hall–Kier alpha value is -3.30. The molecule has 3 aromatic rings. The van der Waals surface area contributed by atoms with Gasteiger partial charge in [0.05, 0.1) is 17.0 Å². The molecule has 6 nitrogen and oxygen atoms in total. The van der Waals surface area contributed by atoms with Gasteiger partial charge in [0, 0.05) is 29.9 Å². The minimum Gasteiger partial charge on any atom is -0.322 e. The Morgan fingerprint density at radius 2 is 1.83 bits per heavy atom. The molecule has 2 heterocycles. The third-order valence-electron chi connectivity index (χ3n) is 6.05. The van der Waals surface area contributed by atoms with E-state index in [1.165, 1.54) is 25.0 Å². The zero-order chi connectivity index (χ0) is 24.8. The molecule has 0 aliphatic carbocycles. The normalized spacial score (nSPS) is 14.8. The molecule has 35 heavy (non-hydrogen) atoms. The van der Waals surface area contributed by atoms with Gasteiger partial charge < -0.3 is 15.5 Å². The van der Waals surface area contributed by atoms with Crippen LogP contribution >= 0.6 is 0 Å². The van der Waals surface area contributed by atoms with E-state index in [0.717, 1.165) is 43.0 Å². The van der Waals surface area contributed by atoms with E-state index >= 15 is 0 Å². The Balaban J connectivity index is 1.39. The van der Waals surface area contributed by atoms with Crippen LogP contribution in [0.5, 0.6) is 0 Å². The van der Waals surface area contributed by atoms with Gasteiger partial charge in [0.1, 0.15) is 0 Å². The second-order valence-corrected chi connectivity index (χ2v) is 8.91. The van der Waals surface area contributed by atoms with Crippen molar-refractivity contribution in [3.05, 3.63) is 77.5 Å². The molecule has 184 valence electrons. The Kier molecular flexibility index (Phi) is 7.77. The molecule has 0 saturated carbocycles. The Morgan fingerprint density at radius 1 is 1.06 bits per heavy atom. The van der Waals surface area contributed by atoms with Crippen LogP contribution in [0, 0.1) is 5.92 Å². The highest BCUT2D eigenvalue weighted by Crippen LogP contribution is 2.30. The van der Waals surface area contributed by atoms with Crippen molar-refractivity contribution in [1.82, 2.24) is 20.4 Å². The van der Waals surface area contributed by atoms with Gasteiger partial charge in [-0.3, -0.25) is 4.79 Å². The number of amides is 1. The van der Waals surface area contributed by atoms with Crippen molar-refractivity contribution in [3.8, 4) is 11.3 Å². The van der Waals surface area contributed by atoms with Gasteiger partial charge in [-0.25, -0.2) is 0 Å². The fourth-order valence-electron chi connectivity index (χ4n) is 4.24. The highest BCUT2D eigenvalue weighted by Gasteiger charge is 2.30. The van der Waals surface area contributed by atoms with Gasteiger partial charge in [-0.1, -0.05) is 18.2 Å². The summed E-state index contributed by atoms with van der Waals surface area (Å²) in [5, 5.41) is 14.7. The maximum Gasteiger partial charge on any atom is 0.416 e.